The van der Waals surface area contributed by atoms with Gasteiger partial charge < -0.3 is 5.73 Å². The minimum Gasteiger partial charge on any atom is -0.324 e. The molecule has 0 aliphatic heterocycles. The fourth-order valence-corrected chi connectivity index (χ4v) is 0.773. The molecular weight excluding hydrogens is 110 g/mol. The molecule has 9 heavy (non-hydrogen) atoms. The summed E-state index contributed by atoms with van der Waals surface area (Å²) < 4.78 is 0. The van der Waals surface area contributed by atoms with Gasteiger partial charge in [-0.25, -0.2) is 0 Å². The van der Waals surface area contributed by atoms with E-state index in [-0.39, 0.29) is 6.04 Å². The Kier molecular flexibility index (Phi) is 2.35. The Hall–Kier alpha value is -0.740. The first-order valence-electron chi connectivity index (χ1n) is 3.27. The van der Waals surface area contributed by atoms with E-state index in [1.807, 2.05) is 6.08 Å². The molecule has 0 spiro atoms. The van der Waals surface area contributed by atoms with Crippen LogP contribution in [0.1, 0.15) is 19.3 Å². The van der Waals surface area contributed by atoms with Gasteiger partial charge in [-0.3, -0.25) is 0 Å². The lowest BCUT2D eigenvalue weighted by Crippen LogP contribution is -2.15. The standard InChI is InChI=1S/C8H11N/c9-8-6-4-2-1-3-5-7-8/h4,6,8H,1-2,7,9H2/b6-4-. The first-order chi connectivity index (χ1) is 4.39. The molecule has 0 fully saturated rings. The van der Waals surface area contributed by atoms with E-state index in [0.29, 0.717) is 0 Å². The largest absolute Gasteiger partial charge is 0.324 e. The summed E-state index contributed by atoms with van der Waals surface area (Å²) in [5.74, 6) is 6.05. The summed E-state index contributed by atoms with van der Waals surface area (Å²) in [5, 5.41) is 0. The molecule has 1 atom stereocenters. The predicted octanol–water partition coefficient (Wildman–Crippen LogP) is 1.06. The second-order valence-corrected chi connectivity index (χ2v) is 2.19. The third-order valence-electron chi connectivity index (χ3n) is 1.28. The van der Waals surface area contributed by atoms with Crippen molar-refractivity contribution >= 4 is 0 Å². The number of hydrogen-bond acceptors (Lipinski definition) is 1. The molecule has 0 aromatic heterocycles. The van der Waals surface area contributed by atoms with Crippen molar-refractivity contribution in [3.63, 3.8) is 0 Å². The summed E-state index contributed by atoms with van der Waals surface area (Å²) in [6, 6.07) is 0.165. The van der Waals surface area contributed by atoms with Gasteiger partial charge in [0.05, 0.1) is 0 Å². The lowest BCUT2D eigenvalue weighted by atomic mass is 10.1. The normalized spacial score (nSPS) is 29.2. The summed E-state index contributed by atoms with van der Waals surface area (Å²) in [4.78, 5) is 0. The Morgan fingerprint density at radius 3 is 3.22 bits per heavy atom. The molecule has 0 saturated carbocycles. The highest BCUT2D eigenvalue weighted by Gasteiger charge is 1.93. The molecule has 1 rings (SSSR count). The lowest BCUT2D eigenvalue weighted by Gasteiger charge is -2.00. The summed E-state index contributed by atoms with van der Waals surface area (Å²) >= 11 is 0. The first kappa shape index (κ1) is 6.38. The van der Waals surface area contributed by atoms with Gasteiger partial charge in [-0.15, -0.1) is 11.8 Å². The zero-order valence-electron chi connectivity index (χ0n) is 5.43. The topological polar surface area (TPSA) is 26.0 Å². The van der Waals surface area contributed by atoms with Crippen molar-refractivity contribution in [2.75, 3.05) is 0 Å². The minimum atomic E-state index is 0.165. The van der Waals surface area contributed by atoms with Crippen LogP contribution in [0.2, 0.25) is 0 Å². The number of nitrogens with two attached hydrogens (primary N) is 1. The fourth-order valence-electron chi connectivity index (χ4n) is 0.773. The number of allylic oxidation sites excluding steroid dienone is 1. The fraction of sp³-hybridized carbons (Fsp3) is 0.500. The first-order valence-corrected chi connectivity index (χ1v) is 3.27. The molecule has 0 amide bonds. The van der Waals surface area contributed by atoms with Crippen molar-refractivity contribution < 1.29 is 0 Å². The molecule has 0 heterocycles. The van der Waals surface area contributed by atoms with Crippen molar-refractivity contribution in [3.05, 3.63) is 12.2 Å². The van der Waals surface area contributed by atoms with Gasteiger partial charge in [0.2, 0.25) is 0 Å². The van der Waals surface area contributed by atoms with Gasteiger partial charge in [-0.05, 0) is 6.42 Å². The predicted molar refractivity (Wildman–Crippen MR) is 38.7 cm³/mol. The van der Waals surface area contributed by atoms with Crippen molar-refractivity contribution in [3.8, 4) is 11.8 Å². The average molecular weight is 121 g/mol. The third-order valence-corrected chi connectivity index (χ3v) is 1.28. The molecule has 1 aliphatic carbocycles. The smallest absolute Gasteiger partial charge is 0.0335 e. The zero-order chi connectivity index (χ0) is 6.53. The monoisotopic (exact) mass is 121 g/mol. The number of rotatable bonds is 0. The Labute approximate surface area is 55.9 Å². The van der Waals surface area contributed by atoms with Crippen LogP contribution in [0.15, 0.2) is 12.2 Å². The SMILES string of the molecule is NC1/C=C\CCC#CC1. The molecule has 1 aliphatic rings. The Bertz CT molecular complexity index is 159. The van der Waals surface area contributed by atoms with E-state index in [0.717, 1.165) is 19.3 Å². The molecule has 1 nitrogen and oxygen atoms in total. The Morgan fingerprint density at radius 1 is 1.44 bits per heavy atom. The van der Waals surface area contributed by atoms with Crippen molar-refractivity contribution in [2.45, 2.75) is 25.3 Å². The summed E-state index contributed by atoms with van der Waals surface area (Å²) in [5.41, 5.74) is 5.61. The highest BCUT2D eigenvalue weighted by Crippen LogP contribution is 1.97. The highest BCUT2D eigenvalue weighted by atomic mass is 14.6. The summed E-state index contributed by atoms with van der Waals surface area (Å²) in [6.07, 6.45) is 7.01. The average Bonchev–Trinajstić information content (AvgIpc) is 1.79. The van der Waals surface area contributed by atoms with Crippen LogP contribution in [-0.2, 0) is 0 Å². The quantitative estimate of drug-likeness (QED) is 0.376. The van der Waals surface area contributed by atoms with Crippen molar-refractivity contribution in [1.29, 1.82) is 0 Å². The van der Waals surface area contributed by atoms with Crippen LogP contribution in [0.3, 0.4) is 0 Å². The van der Waals surface area contributed by atoms with E-state index >= 15 is 0 Å². The van der Waals surface area contributed by atoms with Gasteiger partial charge in [0.15, 0.2) is 0 Å². The van der Waals surface area contributed by atoms with Crippen LogP contribution >= 0.6 is 0 Å². The van der Waals surface area contributed by atoms with Crippen LogP contribution < -0.4 is 5.73 Å². The van der Waals surface area contributed by atoms with Crippen molar-refractivity contribution in [2.24, 2.45) is 5.73 Å². The molecule has 0 radical (unpaired) electrons. The molecule has 0 aromatic carbocycles. The van der Waals surface area contributed by atoms with Crippen LogP contribution in [-0.4, -0.2) is 6.04 Å². The molecule has 2 N–H and O–H groups in total. The highest BCUT2D eigenvalue weighted by molar-refractivity contribution is 5.08. The van der Waals surface area contributed by atoms with Gasteiger partial charge >= 0.3 is 0 Å². The maximum Gasteiger partial charge on any atom is 0.0335 e. The number of hydrogen-bond donors (Lipinski definition) is 1. The summed E-state index contributed by atoms with van der Waals surface area (Å²) in [6.45, 7) is 0. The van der Waals surface area contributed by atoms with Gasteiger partial charge in [0.25, 0.3) is 0 Å². The minimum absolute atomic E-state index is 0.165. The van der Waals surface area contributed by atoms with Crippen LogP contribution in [0.4, 0.5) is 0 Å². The zero-order valence-corrected chi connectivity index (χ0v) is 5.43. The lowest BCUT2D eigenvalue weighted by molar-refractivity contribution is 0.836. The van der Waals surface area contributed by atoms with E-state index in [9.17, 15) is 0 Å². The maximum atomic E-state index is 5.61. The molecular formula is C8H11N. The Balaban J connectivity index is 2.47. The van der Waals surface area contributed by atoms with Crippen molar-refractivity contribution in [1.82, 2.24) is 0 Å². The van der Waals surface area contributed by atoms with Gasteiger partial charge in [0, 0.05) is 18.9 Å². The van der Waals surface area contributed by atoms with E-state index < -0.39 is 0 Å². The van der Waals surface area contributed by atoms with Gasteiger partial charge in [-0.2, -0.15) is 0 Å². The molecule has 1 heteroatoms. The maximum absolute atomic E-state index is 5.61. The third kappa shape index (κ3) is 2.34. The van der Waals surface area contributed by atoms with Gasteiger partial charge in [0.1, 0.15) is 0 Å². The molecule has 0 bridgehead atoms. The van der Waals surface area contributed by atoms with E-state index in [4.69, 9.17) is 5.73 Å². The molecule has 0 saturated heterocycles. The second kappa shape index (κ2) is 3.32. The molecule has 0 aromatic rings. The molecule has 1 unspecified atom stereocenters. The van der Waals surface area contributed by atoms with E-state index in [1.165, 1.54) is 0 Å². The van der Waals surface area contributed by atoms with Crippen LogP contribution in [0.5, 0.6) is 0 Å². The Morgan fingerprint density at radius 2 is 2.33 bits per heavy atom. The molecule has 48 valence electrons. The van der Waals surface area contributed by atoms with E-state index in [1.54, 1.807) is 0 Å². The second-order valence-electron chi connectivity index (χ2n) is 2.19. The van der Waals surface area contributed by atoms with Gasteiger partial charge in [-0.1, -0.05) is 12.2 Å². The van der Waals surface area contributed by atoms with E-state index in [2.05, 4.69) is 17.9 Å². The summed E-state index contributed by atoms with van der Waals surface area (Å²) in [7, 11) is 0. The van der Waals surface area contributed by atoms with Crippen LogP contribution in [0, 0.1) is 11.8 Å². The van der Waals surface area contributed by atoms with Crippen LogP contribution in [0.25, 0.3) is 0 Å².